The van der Waals surface area contributed by atoms with E-state index in [1.807, 2.05) is 57.6 Å². The number of allylic oxidation sites excluding steroid dienone is 11. The van der Waals surface area contributed by atoms with Crippen molar-refractivity contribution in [2.75, 3.05) is 47.5 Å². The first-order valence-corrected chi connectivity index (χ1v) is 24.2. The molecule has 0 N–H and O–H groups in total. The number of phosphoric acid groups is 1. The van der Waals surface area contributed by atoms with Gasteiger partial charge in [-0.1, -0.05) is 209 Å². The largest absolute Gasteiger partial charge is 0.756 e. The number of ether oxygens (including phenoxy) is 2. The lowest BCUT2D eigenvalue weighted by atomic mass is 10.0. The van der Waals surface area contributed by atoms with Gasteiger partial charge in [0.1, 0.15) is 19.8 Å². The van der Waals surface area contributed by atoms with Gasteiger partial charge in [-0.05, 0) is 19.3 Å². The summed E-state index contributed by atoms with van der Waals surface area (Å²) in [4.78, 5) is 37.4. The number of hydrogen-bond donors (Lipinski definition) is 0. The van der Waals surface area contributed by atoms with Gasteiger partial charge in [0, 0.05) is 12.5 Å². The quantitative estimate of drug-likeness (QED) is 0.0150. The Morgan fingerprint density at radius 3 is 1.48 bits per heavy atom. The summed E-state index contributed by atoms with van der Waals surface area (Å²) in [7, 11) is 1.09. The topological polar surface area (TPSA) is 111 Å². The number of likely N-dealkylation sites (N-methyl/N-ethyl adjacent to an activating group) is 1. The third-order valence-corrected chi connectivity index (χ3v) is 10.4. The Balaban J connectivity index is 4.58. The molecule has 0 rings (SSSR count). The zero-order valence-corrected chi connectivity index (χ0v) is 38.4. The molecule has 0 aliphatic carbocycles. The Bertz CT molecular complexity index is 1220. The minimum Gasteiger partial charge on any atom is -0.756 e. The second kappa shape index (κ2) is 39.9. The van der Waals surface area contributed by atoms with Crippen molar-refractivity contribution in [3.63, 3.8) is 0 Å². The van der Waals surface area contributed by atoms with Crippen molar-refractivity contribution in [3.05, 3.63) is 72.9 Å². The Hall–Kier alpha value is -2.55. The van der Waals surface area contributed by atoms with Crippen LogP contribution in [-0.4, -0.2) is 70.0 Å². The van der Waals surface area contributed by atoms with Crippen molar-refractivity contribution >= 4 is 19.8 Å². The van der Waals surface area contributed by atoms with E-state index >= 15 is 0 Å². The Kier molecular flexibility index (Phi) is 38.1. The number of quaternary nitrogens is 1. The molecule has 58 heavy (non-hydrogen) atoms. The Morgan fingerprint density at radius 1 is 0.569 bits per heavy atom. The fourth-order valence-corrected chi connectivity index (χ4v) is 6.63. The molecule has 0 aliphatic heterocycles. The summed E-state index contributed by atoms with van der Waals surface area (Å²) in [5.74, 6) is -1.15. The van der Waals surface area contributed by atoms with Crippen LogP contribution in [0.3, 0.4) is 0 Å². The van der Waals surface area contributed by atoms with Crippen LogP contribution >= 0.6 is 7.82 Å². The number of phosphoric ester groups is 1. The average molecular weight is 834 g/mol. The molecule has 0 fully saturated rings. The summed E-state index contributed by atoms with van der Waals surface area (Å²) < 4.78 is 33.6. The van der Waals surface area contributed by atoms with Gasteiger partial charge in [-0.2, -0.15) is 0 Å². The fourth-order valence-electron chi connectivity index (χ4n) is 5.90. The van der Waals surface area contributed by atoms with Gasteiger partial charge in [-0.15, -0.1) is 0 Å². The van der Waals surface area contributed by atoms with Gasteiger partial charge in [0.2, 0.25) is 0 Å². The number of carbonyl (C=O) groups excluding carboxylic acids is 2. The van der Waals surface area contributed by atoms with E-state index in [4.69, 9.17) is 18.5 Å². The van der Waals surface area contributed by atoms with Crippen molar-refractivity contribution < 1.29 is 42.1 Å². The lowest BCUT2D eigenvalue weighted by molar-refractivity contribution is -0.870. The fraction of sp³-hybridized carbons (Fsp3) is 0.708. The highest BCUT2D eigenvalue weighted by molar-refractivity contribution is 7.45. The predicted octanol–water partition coefficient (Wildman–Crippen LogP) is 12.4. The summed E-state index contributed by atoms with van der Waals surface area (Å²) in [6.45, 7) is 4.02. The highest BCUT2D eigenvalue weighted by atomic mass is 31.2. The molecule has 0 bridgehead atoms. The number of carbonyl (C=O) groups is 2. The van der Waals surface area contributed by atoms with Gasteiger partial charge in [-0.25, -0.2) is 4.79 Å². The summed E-state index contributed by atoms with van der Waals surface area (Å²) in [5.41, 5.74) is 0. The van der Waals surface area contributed by atoms with E-state index in [0.29, 0.717) is 17.4 Å². The van der Waals surface area contributed by atoms with E-state index < -0.39 is 32.5 Å². The summed E-state index contributed by atoms with van der Waals surface area (Å²) in [6, 6.07) is 0. The smallest absolute Gasteiger partial charge is 0.330 e. The first-order valence-electron chi connectivity index (χ1n) is 22.8. The molecule has 2 atom stereocenters. The second-order valence-electron chi connectivity index (χ2n) is 16.3. The molecular weight excluding hydrogens is 750 g/mol. The number of hydrogen-bond acceptors (Lipinski definition) is 8. The first kappa shape index (κ1) is 55.5. The molecule has 0 radical (unpaired) electrons. The maximum Gasteiger partial charge on any atom is 0.330 e. The van der Waals surface area contributed by atoms with E-state index in [0.717, 1.165) is 25.7 Å². The number of nitrogens with zero attached hydrogens (tertiary/aromatic N) is 1. The Labute approximate surface area is 355 Å². The molecular formula is C48H84NO8P. The van der Waals surface area contributed by atoms with Gasteiger partial charge in [0.15, 0.2) is 6.10 Å². The molecule has 9 nitrogen and oxygen atoms in total. The van der Waals surface area contributed by atoms with Gasteiger partial charge in [-0.3, -0.25) is 9.36 Å². The predicted molar refractivity (Wildman–Crippen MR) is 240 cm³/mol. The van der Waals surface area contributed by atoms with Crippen LogP contribution in [-0.2, 0) is 32.7 Å². The van der Waals surface area contributed by atoms with Gasteiger partial charge in [0.25, 0.3) is 7.82 Å². The number of esters is 2. The summed E-state index contributed by atoms with van der Waals surface area (Å²) >= 11 is 0. The van der Waals surface area contributed by atoms with Crippen molar-refractivity contribution in [1.29, 1.82) is 0 Å². The third-order valence-electron chi connectivity index (χ3n) is 9.47. The van der Waals surface area contributed by atoms with Crippen LogP contribution in [0.25, 0.3) is 0 Å². The zero-order chi connectivity index (χ0) is 42.8. The molecule has 0 aliphatic rings. The molecule has 334 valence electrons. The molecule has 0 heterocycles. The van der Waals surface area contributed by atoms with E-state index in [2.05, 4.69) is 26.0 Å². The molecule has 0 saturated carbocycles. The van der Waals surface area contributed by atoms with Crippen LogP contribution < -0.4 is 4.89 Å². The van der Waals surface area contributed by atoms with Gasteiger partial charge in [0.05, 0.1) is 27.7 Å². The van der Waals surface area contributed by atoms with Crippen molar-refractivity contribution in [2.45, 2.75) is 174 Å². The third kappa shape index (κ3) is 43.0. The minimum atomic E-state index is -4.66. The van der Waals surface area contributed by atoms with Crippen molar-refractivity contribution in [3.8, 4) is 0 Å². The molecule has 0 saturated heterocycles. The number of unbranched alkanes of at least 4 members (excludes halogenated alkanes) is 21. The van der Waals surface area contributed by atoms with Crippen molar-refractivity contribution in [1.82, 2.24) is 0 Å². The average Bonchev–Trinajstić information content (AvgIpc) is 3.17. The van der Waals surface area contributed by atoms with Crippen LogP contribution in [0.4, 0.5) is 0 Å². The van der Waals surface area contributed by atoms with Crippen LogP contribution in [0.5, 0.6) is 0 Å². The van der Waals surface area contributed by atoms with Gasteiger partial charge < -0.3 is 27.9 Å². The Morgan fingerprint density at radius 2 is 1.00 bits per heavy atom. The lowest BCUT2D eigenvalue weighted by Crippen LogP contribution is -2.37. The van der Waals surface area contributed by atoms with E-state index in [9.17, 15) is 19.0 Å². The maximum atomic E-state index is 12.7. The van der Waals surface area contributed by atoms with Crippen LogP contribution in [0.1, 0.15) is 168 Å². The van der Waals surface area contributed by atoms with Crippen LogP contribution in [0.2, 0.25) is 0 Å². The van der Waals surface area contributed by atoms with E-state index in [-0.39, 0.29) is 19.6 Å². The highest BCUT2D eigenvalue weighted by Gasteiger charge is 2.21. The maximum absolute atomic E-state index is 12.7. The monoisotopic (exact) mass is 834 g/mol. The van der Waals surface area contributed by atoms with Crippen molar-refractivity contribution in [2.24, 2.45) is 0 Å². The minimum absolute atomic E-state index is 0.0548. The van der Waals surface area contributed by atoms with E-state index in [1.165, 1.54) is 128 Å². The molecule has 0 spiro atoms. The zero-order valence-electron chi connectivity index (χ0n) is 37.5. The van der Waals surface area contributed by atoms with Gasteiger partial charge >= 0.3 is 11.9 Å². The SMILES string of the molecule is CCCCCCCCCC=CC=CC=CC=CC=CC=CC(=O)OC[C@H](COP(=O)([O-])OCC[N+](C)(C)C)OC(=O)CCCCCCCCCCCCCCCCC. The van der Waals surface area contributed by atoms with Crippen LogP contribution in [0.15, 0.2) is 72.9 Å². The molecule has 0 aromatic carbocycles. The molecule has 1 unspecified atom stereocenters. The molecule has 0 aromatic rings. The van der Waals surface area contributed by atoms with Crippen LogP contribution in [0, 0.1) is 0 Å². The molecule has 10 heteroatoms. The summed E-state index contributed by atoms with van der Waals surface area (Å²) in [6.07, 6.45) is 50.0. The normalized spacial score (nSPS) is 14.2. The first-order chi connectivity index (χ1) is 28.0. The molecule has 0 aromatic heterocycles. The lowest BCUT2D eigenvalue weighted by Gasteiger charge is -2.28. The number of rotatable bonds is 40. The summed E-state index contributed by atoms with van der Waals surface area (Å²) in [5, 5.41) is 0. The van der Waals surface area contributed by atoms with E-state index in [1.54, 1.807) is 12.2 Å². The highest BCUT2D eigenvalue weighted by Crippen LogP contribution is 2.38. The molecule has 0 amide bonds. The standard InChI is InChI=1S/C48H84NO8P/c1-6-8-10-12-14-16-18-20-22-23-24-25-27-28-30-32-34-36-38-40-47(50)54-44-46(45-56-58(52,53)55-43-42-49(3,4)5)57-48(51)41-39-37-35-33-31-29-26-21-19-17-15-13-11-9-7-2/h22-25,27-28,30,32,34,36,38,40,46H,6-21,26,29,31,33,35,37,39,41-45H2,1-5H3/t46-/m1/s1. The second-order valence-corrected chi connectivity index (χ2v) is 17.7.